The van der Waals surface area contributed by atoms with Crippen molar-refractivity contribution >= 4 is 15.9 Å². The standard InChI is InChI=1S/C19H30N2O3S/c1-6-25(23,24)21-9-7-8-17(12-21)19(22)20-16(5)18-11-14(3)13(2)10-15(18)4/h10-11,16-17H,6-9,12H2,1-5H3,(H,20,22)/t16-,17-/m0/s1. The van der Waals surface area contributed by atoms with Crippen molar-refractivity contribution in [1.82, 2.24) is 9.62 Å². The first-order chi connectivity index (χ1) is 11.7. The highest BCUT2D eigenvalue weighted by Crippen LogP contribution is 2.24. The summed E-state index contributed by atoms with van der Waals surface area (Å²) in [6.07, 6.45) is 1.47. The molecule has 0 radical (unpaired) electrons. The number of nitrogens with one attached hydrogen (secondary N) is 1. The lowest BCUT2D eigenvalue weighted by molar-refractivity contribution is -0.126. The number of piperidine rings is 1. The molecular weight excluding hydrogens is 336 g/mol. The molecule has 1 saturated heterocycles. The second kappa shape index (κ2) is 7.87. The molecule has 0 aliphatic carbocycles. The third-order valence-corrected chi connectivity index (χ3v) is 7.07. The predicted octanol–water partition coefficient (Wildman–Crippen LogP) is 2.85. The molecule has 25 heavy (non-hydrogen) atoms. The van der Waals surface area contributed by atoms with Crippen LogP contribution in [0.25, 0.3) is 0 Å². The lowest BCUT2D eigenvalue weighted by Crippen LogP contribution is -2.46. The lowest BCUT2D eigenvalue weighted by atomic mass is 9.95. The highest BCUT2D eigenvalue weighted by atomic mass is 32.2. The van der Waals surface area contributed by atoms with E-state index in [0.29, 0.717) is 13.1 Å². The third kappa shape index (κ3) is 4.61. The van der Waals surface area contributed by atoms with Crippen molar-refractivity contribution in [2.75, 3.05) is 18.8 Å². The average molecular weight is 367 g/mol. The highest BCUT2D eigenvalue weighted by Gasteiger charge is 2.32. The van der Waals surface area contributed by atoms with Crippen LogP contribution in [0.3, 0.4) is 0 Å². The van der Waals surface area contributed by atoms with Crippen LogP contribution < -0.4 is 5.32 Å². The van der Waals surface area contributed by atoms with Gasteiger partial charge in [-0.15, -0.1) is 0 Å². The zero-order valence-corrected chi connectivity index (χ0v) is 16.7. The van der Waals surface area contributed by atoms with Gasteiger partial charge in [-0.2, -0.15) is 0 Å². The van der Waals surface area contributed by atoms with Crippen molar-refractivity contribution in [2.45, 2.75) is 53.5 Å². The second-order valence-electron chi connectivity index (χ2n) is 7.12. The SMILES string of the molecule is CCS(=O)(=O)N1CCC[C@H](C(=O)N[C@@H](C)c2cc(C)c(C)cc2C)C1. The molecule has 1 amide bonds. The van der Waals surface area contributed by atoms with E-state index in [1.165, 1.54) is 15.4 Å². The lowest BCUT2D eigenvalue weighted by Gasteiger charge is -2.31. The first kappa shape index (κ1) is 19.9. The Labute approximate surface area is 151 Å². The van der Waals surface area contributed by atoms with Crippen LogP contribution in [0.15, 0.2) is 12.1 Å². The molecule has 0 bridgehead atoms. The van der Waals surface area contributed by atoms with Crippen LogP contribution >= 0.6 is 0 Å². The maximum absolute atomic E-state index is 12.7. The van der Waals surface area contributed by atoms with E-state index < -0.39 is 10.0 Å². The number of hydrogen-bond donors (Lipinski definition) is 1. The van der Waals surface area contributed by atoms with Crippen molar-refractivity contribution in [1.29, 1.82) is 0 Å². The Kier molecular flexibility index (Phi) is 6.27. The van der Waals surface area contributed by atoms with Crippen molar-refractivity contribution < 1.29 is 13.2 Å². The Morgan fingerprint density at radius 1 is 1.24 bits per heavy atom. The molecule has 2 atom stereocenters. The first-order valence-corrected chi connectivity index (χ1v) is 10.6. The summed E-state index contributed by atoms with van der Waals surface area (Å²) in [5, 5.41) is 3.08. The van der Waals surface area contributed by atoms with Gasteiger partial charge in [0.15, 0.2) is 0 Å². The van der Waals surface area contributed by atoms with Crippen molar-refractivity contribution in [3.8, 4) is 0 Å². The molecular formula is C19H30N2O3S. The monoisotopic (exact) mass is 366 g/mol. The minimum Gasteiger partial charge on any atom is -0.349 e. The molecule has 1 aliphatic rings. The van der Waals surface area contributed by atoms with Gasteiger partial charge in [0.2, 0.25) is 15.9 Å². The van der Waals surface area contributed by atoms with Crippen molar-refractivity contribution in [3.63, 3.8) is 0 Å². The van der Waals surface area contributed by atoms with Gasteiger partial charge >= 0.3 is 0 Å². The van der Waals surface area contributed by atoms with Gasteiger partial charge in [-0.1, -0.05) is 12.1 Å². The maximum Gasteiger partial charge on any atom is 0.224 e. The fraction of sp³-hybridized carbons (Fsp3) is 0.632. The molecule has 0 spiro atoms. The van der Waals surface area contributed by atoms with E-state index in [2.05, 4.69) is 38.2 Å². The number of amides is 1. The Bertz CT molecular complexity index is 743. The minimum atomic E-state index is -3.23. The van der Waals surface area contributed by atoms with Gasteiger partial charge < -0.3 is 5.32 Å². The molecule has 140 valence electrons. The van der Waals surface area contributed by atoms with Gasteiger partial charge in [-0.25, -0.2) is 12.7 Å². The molecule has 0 saturated carbocycles. The molecule has 1 aromatic rings. The summed E-state index contributed by atoms with van der Waals surface area (Å²) in [6, 6.07) is 4.18. The predicted molar refractivity (Wildman–Crippen MR) is 101 cm³/mol. The molecule has 1 heterocycles. The van der Waals surface area contributed by atoms with Crippen LogP contribution in [-0.2, 0) is 14.8 Å². The van der Waals surface area contributed by atoms with E-state index in [-0.39, 0.29) is 23.6 Å². The molecule has 5 nitrogen and oxygen atoms in total. The molecule has 2 rings (SSSR count). The van der Waals surface area contributed by atoms with Crippen LogP contribution in [0.5, 0.6) is 0 Å². The minimum absolute atomic E-state index is 0.0545. The van der Waals surface area contributed by atoms with Gasteiger partial charge in [-0.05, 0) is 69.7 Å². The van der Waals surface area contributed by atoms with E-state index in [9.17, 15) is 13.2 Å². The summed E-state index contributed by atoms with van der Waals surface area (Å²) in [5.74, 6) is -0.245. The first-order valence-electron chi connectivity index (χ1n) is 9.01. The van der Waals surface area contributed by atoms with E-state index in [1.54, 1.807) is 6.92 Å². The zero-order valence-electron chi connectivity index (χ0n) is 15.9. The third-order valence-electron chi connectivity index (χ3n) is 5.22. The molecule has 1 aliphatic heterocycles. The molecule has 1 aromatic carbocycles. The van der Waals surface area contributed by atoms with E-state index >= 15 is 0 Å². The molecule has 6 heteroatoms. The number of carbonyl (C=O) groups excluding carboxylic acids is 1. The maximum atomic E-state index is 12.7. The number of rotatable bonds is 5. The van der Waals surface area contributed by atoms with Gasteiger partial charge in [0.05, 0.1) is 17.7 Å². The smallest absolute Gasteiger partial charge is 0.224 e. The normalized spacial score (nSPS) is 20.3. The number of hydrogen-bond acceptors (Lipinski definition) is 3. The number of nitrogens with zero attached hydrogens (tertiary/aromatic N) is 1. The molecule has 0 unspecified atom stereocenters. The summed E-state index contributed by atoms with van der Waals surface area (Å²) < 4.78 is 25.6. The fourth-order valence-corrected chi connectivity index (χ4v) is 4.63. The summed E-state index contributed by atoms with van der Waals surface area (Å²) in [4.78, 5) is 12.7. The highest BCUT2D eigenvalue weighted by molar-refractivity contribution is 7.89. The summed E-state index contributed by atoms with van der Waals surface area (Å²) in [5.41, 5.74) is 4.73. The Hall–Kier alpha value is -1.40. The van der Waals surface area contributed by atoms with Crippen LogP contribution in [0.1, 0.15) is 55.0 Å². The number of aryl methyl sites for hydroxylation is 3. The quantitative estimate of drug-likeness (QED) is 0.871. The van der Waals surface area contributed by atoms with Crippen molar-refractivity contribution in [2.24, 2.45) is 5.92 Å². The molecule has 0 aromatic heterocycles. The topological polar surface area (TPSA) is 66.5 Å². The number of benzene rings is 1. The summed E-state index contributed by atoms with van der Waals surface area (Å²) in [7, 11) is -3.23. The van der Waals surface area contributed by atoms with E-state index in [0.717, 1.165) is 24.0 Å². The average Bonchev–Trinajstić information content (AvgIpc) is 2.58. The van der Waals surface area contributed by atoms with Gasteiger partial charge in [0.25, 0.3) is 0 Å². The van der Waals surface area contributed by atoms with Crippen molar-refractivity contribution in [3.05, 3.63) is 34.4 Å². The Morgan fingerprint density at radius 3 is 2.52 bits per heavy atom. The Morgan fingerprint density at radius 2 is 1.88 bits per heavy atom. The summed E-state index contributed by atoms with van der Waals surface area (Å²) >= 11 is 0. The van der Waals surface area contributed by atoms with E-state index in [1.807, 2.05) is 6.92 Å². The molecule has 1 N–H and O–H groups in total. The van der Waals surface area contributed by atoms with Crippen LogP contribution in [0, 0.1) is 26.7 Å². The van der Waals surface area contributed by atoms with E-state index in [4.69, 9.17) is 0 Å². The van der Waals surface area contributed by atoms with Gasteiger partial charge in [-0.3, -0.25) is 4.79 Å². The number of sulfonamides is 1. The van der Waals surface area contributed by atoms with Gasteiger partial charge in [0, 0.05) is 13.1 Å². The molecule has 1 fully saturated rings. The fourth-order valence-electron chi connectivity index (χ4n) is 3.45. The Balaban J connectivity index is 2.07. The van der Waals surface area contributed by atoms with Crippen LogP contribution in [0.2, 0.25) is 0 Å². The summed E-state index contributed by atoms with van der Waals surface area (Å²) in [6.45, 7) is 10.6. The second-order valence-corrected chi connectivity index (χ2v) is 9.38. The van der Waals surface area contributed by atoms with Crippen LogP contribution in [0.4, 0.5) is 0 Å². The van der Waals surface area contributed by atoms with Gasteiger partial charge in [0.1, 0.15) is 0 Å². The zero-order chi connectivity index (χ0) is 18.8. The number of carbonyl (C=O) groups is 1. The van der Waals surface area contributed by atoms with Crippen LogP contribution in [-0.4, -0.2) is 37.5 Å². The largest absolute Gasteiger partial charge is 0.349 e.